The number of hydrogen-bond donors (Lipinski definition) is 3. The zero-order valence-electron chi connectivity index (χ0n) is 29.5. The molecule has 2 aromatic rings. The molecule has 15 nitrogen and oxygen atoms in total. The van der Waals surface area contributed by atoms with Crippen molar-refractivity contribution < 1.29 is 52.3 Å². The maximum absolute atomic E-state index is 13.7. The Morgan fingerprint density at radius 3 is 1.77 bits per heavy atom. The van der Waals surface area contributed by atoms with Gasteiger partial charge >= 0.3 is 5.97 Å². The summed E-state index contributed by atoms with van der Waals surface area (Å²) in [7, 11) is 0. The molecule has 3 N–H and O–H groups in total. The highest BCUT2D eigenvalue weighted by molar-refractivity contribution is 6.26. The molecule has 4 aliphatic heterocycles. The van der Waals surface area contributed by atoms with Crippen molar-refractivity contribution >= 4 is 58.9 Å². The smallest absolute Gasteiger partial charge is 0.306 e. The summed E-state index contributed by atoms with van der Waals surface area (Å²) in [6.07, 6.45) is 4.06. The average molecular weight is 734 g/mol. The van der Waals surface area contributed by atoms with Crippen LogP contribution in [0.15, 0.2) is 36.4 Å². The zero-order chi connectivity index (χ0) is 38.6. The second-order valence-corrected chi connectivity index (χ2v) is 14.0. The number of halogens is 1. The Morgan fingerprint density at radius 1 is 0.736 bits per heavy atom. The van der Waals surface area contributed by atoms with Gasteiger partial charge < -0.3 is 10.1 Å². The van der Waals surface area contributed by atoms with Crippen LogP contribution in [0.5, 0.6) is 0 Å². The first-order chi connectivity index (χ1) is 25.1. The first-order valence-electron chi connectivity index (χ1n) is 17.4. The second-order valence-electron chi connectivity index (χ2n) is 14.0. The number of anilines is 1. The molecule has 2 unspecified atom stereocenters. The van der Waals surface area contributed by atoms with Gasteiger partial charge in [0.15, 0.2) is 0 Å². The van der Waals surface area contributed by atoms with Crippen molar-refractivity contribution in [3.05, 3.63) is 64.5 Å². The van der Waals surface area contributed by atoms with Crippen molar-refractivity contribution in [1.82, 2.24) is 20.4 Å². The number of esters is 1. The van der Waals surface area contributed by atoms with Crippen LogP contribution in [0.3, 0.4) is 0 Å². The molecule has 4 heterocycles. The summed E-state index contributed by atoms with van der Waals surface area (Å²) in [5.74, 6) is -5.76. The molecule has 0 spiro atoms. The number of imide groups is 4. The predicted molar refractivity (Wildman–Crippen MR) is 184 cm³/mol. The number of carbonyl (C=O) groups is 9. The number of amides is 8. The van der Waals surface area contributed by atoms with Crippen LogP contribution in [-0.4, -0.2) is 87.3 Å². The van der Waals surface area contributed by atoms with Crippen LogP contribution in [-0.2, 0) is 28.7 Å². The molecular formula is C37H40FN5O10. The van der Waals surface area contributed by atoms with E-state index in [1.54, 1.807) is 18.2 Å². The van der Waals surface area contributed by atoms with Gasteiger partial charge in [-0.3, -0.25) is 63.6 Å². The summed E-state index contributed by atoms with van der Waals surface area (Å²) in [5.41, 5.74) is 0.226. The van der Waals surface area contributed by atoms with E-state index >= 15 is 0 Å². The molecule has 0 saturated carbocycles. The summed E-state index contributed by atoms with van der Waals surface area (Å²) in [6, 6.07) is 6.70. The van der Waals surface area contributed by atoms with Crippen LogP contribution in [0, 0.1) is 5.82 Å². The quantitative estimate of drug-likeness (QED) is 0.184. The molecule has 2 aromatic carbocycles. The third-order valence-corrected chi connectivity index (χ3v) is 8.93. The van der Waals surface area contributed by atoms with Crippen molar-refractivity contribution in [2.45, 2.75) is 96.2 Å². The minimum absolute atomic E-state index is 0.0340. The molecular weight excluding hydrogens is 693 g/mol. The maximum atomic E-state index is 13.7. The molecule has 0 aromatic heterocycles. The van der Waals surface area contributed by atoms with Crippen LogP contribution in [0.25, 0.3) is 0 Å². The Balaban J connectivity index is 0.000000230. The average Bonchev–Trinajstić information content (AvgIpc) is 3.49. The van der Waals surface area contributed by atoms with Crippen molar-refractivity contribution in [3.63, 3.8) is 0 Å². The molecule has 8 amide bonds. The van der Waals surface area contributed by atoms with Gasteiger partial charge in [-0.2, -0.15) is 0 Å². The highest BCUT2D eigenvalue weighted by Crippen LogP contribution is 2.33. The monoisotopic (exact) mass is 733 g/mol. The molecule has 2 fully saturated rings. The van der Waals surface area contributed by atoms with Gasteiger partial charge in [0.2, 0.25) is 23.6 Å². The van der Waals surface area contributed by atoms with Crippen LogP contribution >= 0.6 is 0 Å². The first kappa shape index (κ1) is 38.4. The van der Waals surface area contributed by atoms with Gasteiger partial charge in [-0.05, 0) is 70.7 Å². The number of nitrogens with zero attached hydrogens (tertiary/aromatic N) is 2. The van der Waals surface area contributed by atoms with Crippen LogP contribution in [0.1, 0.15) is 120 Å². The fourth-order valence-electron chi connectivity index (χ4n) is 6.50. The molecule has 280 valence electrons. The lowest BCUT2D eigenvalue weighted by atomic mass is 10.0. The summed E-state index contributed by atoms with van der Waals surface area (Å²) < 4.78 is 19.0. The minimum atomic E-state index is -1.07. The zero-order valence-corrected chi connectivity index (χ0v) is 29.5. The van der Waals surface area contributed by atoms with Crippen molar-refractivity contribution in [1.29, 1.82) is 0 Å². The lowest BCUT2D eigenvalue weighted by molar-refractivity contribution is -0.155. The third-order valence-electron chi connectivity index (χ3n) is 8.93. The molecule has 6 rings (SSSR count). The van der Waals surface area contributed by atoms with Gasteiger partial charge in [-0.25, -0.2) is 4.39 Å². The second kappa shape index (κ2) is 15.8. The van der Waals surface area contributed by atoms with E-state index in [9.17, 15) is 47.5 Å². The van der Waals surface area contributed by atoms with Gasteiger partial charge in [-0.15, -0.1) is 0 Å². The van der Waals surface area contributed by atoms with Crippen molar-refractivity contribution in [3.8, 4) is 0 Å². The lowest BCUT2D eigenvalue weighted by Gasteiger charge is -2.27. The maximum Gasteiger partial charge on any atom is 0.306 e. The van der Waals surface area contributed by atoms with E-state index in [1.165, 1.54) is 12.1 Å². The van der Waals surface area contributed by atoms with Crippen molar-refractivity contribution in [2.75, 3.05) is 11.9 Å². The third kappa shape index (κ3) is 8.47. The fourth-order valence-corrected chi connectivity index (χ4v) is 6.50. The molecule has 0 aliphatic carbocycles. The van der Waals surface area contributed by atoms with Gasteiger partial charge in [0.05, 0.1) is 22.3 Å². The Kier molecular flexibility index (Phi) is 11.5. The standard InChI is InChI=1S/C24H31N3O6.C13H9FN2O4/c1-24(2,3)33-19(29)11-6-4-5-7-14-25-16-10-8-9-15-20(16)23(32)27(22(15)31)17-12-13-18(28)26-21(17)30;14-7-3-1-2-6-10(7)13(20)16(12(6)19)8-4-5-9(17)15-11(8)18/h8-10,17,25H,4-7,11-14H2,1-3H3,(H,26,28,30);1-3,8H,4-5H2,(H,15,17,18). The summed E-state index contributed by atoms with van der Waals surface area (Å²) >= 11 is 0. The lowest BCUT2D eigenvalue weighted by Crippen LogP contribution is -2.54. The van der Waals surface area contributed by atoms with E-state index in [2.05, 4.69) is 16.0 Å². The number of fused-ring (bicyclic) bond motifs is 2. The van der Waals surface area contributed by atoms with E-state index in [0.29, 0.717) is 18.7 Å². The Labute approximate surface area is 303 Å². The van der Waals surface area contributed by atoms with E-state index in [4.69, 9.17) is 4.74 Å². The van der Waals surface area contributed by atoms with E-state index < -0.39 is 70.8 Å². The number of hydrogen-bond acceptors (Lipinski definition) is 11. The molecule has 16 heteroatoms. The molecule has 4 aliphatic rings. The number of piperidine rings is 2. The molecule has 2 atom stereocenters. The number of benzene rings is 2. The molecule has 2 saturated heterocycles. The highest BCUT2D eigenvalue weighted by atomic mass is 19.1. The van der Waals surface area contributed by atoms with Gasteiger partial charge in [-0.1, -0.05) is 25.0 Å². The molecule has 0 bridgehead atoms. The van der Waals surface area contributed by atoms with E-state index in [-0.39, 0.29) is 53.9 Å². The topological polar surface area (TPSA) is 205 Å². The SMILES string of the molecule is CC(C)(C)OC(=O)CCCCCCNc1cccc2c1C(=O)N(C1CCC(=O)NC1=O)C2=O.O=C1CCC(N2C(=O)c3cccc(F)c3C2=O)C(=O)N1. The van der Waals surface area contributed by atoms with Crippen molar-refractivity contribution in [2.24, 2.45) is 0 Å². The first-order valence-corrected chi connectivity index (χ1v) is 17.4. The van der Waals surface area contributed by atoms with Crippen LogP contribution in [0.4, 0.5) is 10.1 Å². The number of nitrogens with one attached hydrogen (secondary N) is 3. The van der Waals surface area contributed by atoms with Gasteiger partial charge in [0.25, 0.3) is 23.6 Å². The molecule has 53 heavy (non-hydrogen) atoms. The largest absolute Gasteiger partial charge is 0.460 e. The summed E-state index contributed by atoms with van der Waals surface area (Å²) in [4.78, 5) is 110. The van der Waals surface area contributed by atoms with E-state index in [0.717, 1.165) is 41.5 Å². The number of unbranched alkanes of at least 4 members (excludes halogenated alkanes) is 3. The predicted octanol–water partition coefficient (Wildman–Crippen LogP) is 3.02. The number of carbonyl (C=O) groups excluding carboxylic acids is 9. The number of ether oxygens (including phenoxy) is 1. The van der Waals surface area contributed by atoms with Gasteiger partial charge in [0, 0.05) is 31.5 Å². The summed E-state index contributed by atoms with van der Waals surface area (Å²) in [5, 5.41) is 7.49. The van der Waals surface area contributed by atoms with Gasteiger partial charge in [0.1, 0.15) is 23.5 Å². The fraction of sp³-hybridized carbons (Fsp3) is 0.432. The Bertz CT molecular complexity index is 1900. The van der Waals surface area contributed by atoms with Crippen LogP contribution in [0.2, 0.25) is 0 Å². The van der Waals surface area contributed by atoms with Crippen LogP contribution < -0.4 is 16.0 Å². The normalized spacial score (nSPS) is 19.7. The highest BCUT2D eigenvalue weighted by Gasteiger charge is 2.47. The van der Waals surface area contributed by atoms with E-state index in [1.807, 2.05) is 20.8 Å². The Morgan fingerprint density at radius 2 is 1.25 bits per heavy atom. The summed E-state index contributed by atoms with van der Waals surface area (Å²) in [6.45, 7) is 6.14. The minimum Gasteiger partial charge on any atom is -0.460 e. The molecule has 0 radical (unpaired) electrons. The Hall–Kier alpha value is -5.80. The number of rotatable bonds is 10.